The fourth-order valence-corrected chi connectivity index (χ4v) is 3.72. The van der Waals surface area contributed by atoms with Crippen LogP contribution < -0.4 is 20.7 Å². The molecule has 0 fully saturated rings. The van der Waals surface area contributed by atoms with Crippen molar-refractivity contribution in [2.24, 2.45) is 0 Å². The molecule has 41 heavy (non-hydrogen) atoms. The molecule has 0 aliphatic rings. The second kappa shape index (κ2) is 13.2. The van der Waals surface area contributed by atoms with E-state index < -0.39 is 23.6 Å². The average molecular weight is 564 g/mol. The molecule has 2 heterocycles. The number of hydrogen-bond acceptors (Lipinski definition) is 6. The Balaban J connectivity index is 1.36. The number of ether oxygens (including phenoxy) is 2. The number of hydrogen-bond donors (Lipinski definition) is 4. The molecule has 0 spiro atoms. The number of benzene rings is 2. The predicted molar refractivity (Wildman–Crippen MR) is 148 cm³/mol. The Bertz CT molecular complexity index is 1570. The van der Waals surface area contributed by atoms with E-state index in [2.05, 4.69) is 25.9 Å². The molecule has 2 aromatic carbocycles. The molecule has 0 bridgehead atoms. The number of carbonyl (C=O) groups excluding carboxylic acids is 3. The van der Waals surface area contributed by atoms with Crippen LogP contribution in [0.15, 0.2) is 67.0 Å². The van der Waals surface area contributed by atoms with Gasteiger partial charge in [-0.25, -0.2) is 13.6 Å². The first-order chi connectivity index (χ1) is 19.7. The molecule has 4 N–H and O–H groups in total. The van der Waals surface area contributed by atoms with Crippen molar-refractivity contribution in [2.75, 3.05) is 23.8 Å². The van der Waals surface area contributed by atoms with Gasteiger partial charge in [0.15, 0.2) is 0 Å². The lowest BCUT2D eigenvalue weighted by Crippen LogP contribution is -2.26. The minimum atomic E-state index is -0.807. The molecule has 2 aromatic heterocycles. The van der Waals surface area contributed by atoms with Gasteiger partial charge >= 0.3 is 12.0 Å². The summed E-state index contributed by atoms with van der Waals surface area (Å²) < 4.78 is 39.2. The number of urea groups is 1. The molecule has 212 valence electrons. The van der Waals surface area contributed by atoms with Crippen LogP contribution in [0.5, 0.6) is 11.5 Å². The summed E-state index contributed by atoms with van der Waals surface area (Å²) in [5, 5.41) is 7.35. The van der Waals surface area contributed by atoms with Crippen molar-refractivity contribution in [1.29, 1.82) is 0 Å². The summed E-state index contributed by atoms with van der Waals surface area (Å²) in [7, 11) is 0. The molecule has 0 saturated carbocycles. The molecule has 4 rings (SSSR count). The van der Waals surface area contributed by atoms with Crippen LogP contribution in [0.2, 0.25) is 0 Å². The smallest absolute Gasteiger partial charge is 0.323 e. The Morgan fingerprint density at radius 2 is 1.71 bits per heavy atom. The molecule has 0 aliphatic heterocycles. The largest absolute Gasteiger partial charge is 0.466 e. The first-order valence-corrected chi connectivity index (χ1v) is 12.6. The van der Waals surface area contributed by atoms with Crippen LogP contribution in [0.3, 0.4) is 0 Å². The zero-order valence-corrected chi connectivity index (χ0v) is 22.2. The third-order valence-electron chi connectivity index (χ3n) is 5.67. The molecule has 12 heteroatoms. The highest BCUT2D eigenvalue weighted by molar-refractivity contribution is 6.00. The van der Waals surface area contributed by atoms with E-state index in [1.165, 1.54) is 36.7 Å². The van der Waals surface area contributed by atoms with E-state index in [0.29, 0.717) is 22.7 Å². The van der Waals surface area contributed by atoms with Crippen LogP contribution in [0.4, 0.5) is 25.0 Å². The number of amides is 3. The number of rotatable bonds is 10. The number of aromatic amines is 1. The molecule has 10 nitrogen and oxygen atoms in total. The van der Waals surface area contributed by atoms with Gasteiger partial charge in [-0.15, -0.1) is 0 Å². The minimum Gasteiger partial charge on any atom is -0.466 e. The van der Waals surface area contributed by atoms with Crippen molar-refractivity contribution < 1.29 is 32.6 Å². The lowest BCUT2D eigenvalue weighted by molar-refractivity contribution is -0.142. The summed E-state index contributed by atoms with van der Waals surface area (Å²) in [6, 6.07) is 12.1. The van der Waals surface area contributed by atoms with Gasteiger partial charge in [-0.05, 0) is 55.8 Å². The van der Waals surface area contributed by atoms with E-state index in [0.717, 1.165) is 11.6 Å². The first kappa shape index (κ1) is 28.7. The van der Waals surface area contributed by atoms with Crippen molar-refractivity contribution in [3.63, 3.8) is 0 Å². The molecule has 0 atom stereocenters. The van der Waals surface area contributed by atoms with E-state index in [4.69, 9.17) is 9.47 Å². The zero-order valence-electron chi connectivity index (χ0n) is 22.2. The number of esters is 1. The van der Waals surface area contributed by atoms with Gasteiger partial charge in [0, 0.05) is 31.1 Å². The lowest BCUT2D eigenvalue weighted by atomic mass is 10.2. The summed E-state index contributed by atoms with van der Waals surface area (Å²) in [5.41, 5.74) is 1.94. The highest BCUT2D eigenvalue weighted by Gasteiger charge is 2.14. The number of aryl methyl sites for hydroxylation is 1. The molecule has 3 amide bonds. The maximum Gasteiger partial charge on any atom is 0.323 e. The van der Waals surface area contributed by atoms with Crippen LogP contribution in [0.25, 0.3) is 11.4 Å². The van der Waals surface area contributed by atoms with Crippen molar-refractivity contribution in [2.45, 2.75) is 20.3 Å². The highest BCUT2D eigenvalue weighted by Crippen LogP contribution is 2.28. The number of pyridine rings is 1. The van der Waals surface area contributed by atoms with Crippen LogP contribution in [-0.2, 0) is 9.53 Å². The molecular formula is C29H27F2N5O5. The van der Waals surface area contributed by atoms with Crippen molar-refractivity contribution >= 4 is 29.3 Å². The third kappa shape index (κ3) is 7.88. The van der Waals surface area contributed by atoms with E-state index >= 15 is 0 Å². The summed E-state index contributed by atoms with van der Waals surface area (Å²) in [6.45, 7) is 3.87. The Kier molecular flexibility index (Phi) is 9.25. The first-order valence-electron chi connectivity index (χ1n) is 12.6. The highest BCUT2D eigenvalue weighted by atomic mass is 19.1. The third-order valence-corrected chi connectivity index (χ3v) is 5.67. The summed E-state index contributed by atoms with van der Waals surface area (Å²) >= 11 is 0. The molecule has 4 aromatic rings. The number of carbonyl (C=O) groups is 3. The number of nitrogens with one attached hydrogen (secondary N) is 4. The minimum absolute atomic E-state index is 0.0276. The van der Waals surface area contributed by atoms with Crippen LogP contribution >= 0.6 is 0 Å². The number of anilines is 2. The van der Waals surface area contributed by atoms with Gasteiger partial charge in [0.2, 0.25) is 0 Å². The van der Waals surface area contributed by atoms with Crippen LogP contribution in [0.1, 0.15) is 29.3 Å². The average Bonchev–Trinajstić information content (AvgIpc) is 3.43. The fourth-order valence-electron chi connectivity index (χ4n) is 3.72. The summed E-state index contributed by atoms with van der Waals surface area (Å²) in [6.07, 6.45) is 3.07. The van der Waals surface area contributed by atoms with Gasteiger partial charge < -0.3 is 30.4 Å². The maximum atomic E-state index is 14.7. The lowest BCUT2D eigenvalue weighted by Gasteiger charge is -2.11. The maximum absolute atomic E-state index is 14.7. The second-order valence-corrected chi connectivity index (χ2v) is 8.80. The standard InChI is InChI=1S/C29H27F2N5O5/c1-3-40-27(37)9-11-33-28(38)18-13-25(34-16-18)26-15-20(8-10-32-26)41-19-5-7-23(22(31)14-19)35-29(39)36-24-12-17(2)4-6-21(24)30/h4-8,10,12-16,34H,3,9,11H2,1-2H3,(H,33,38)(H2,35,36,39). The number of halogens is 2. The van der Waals surface area contributed by atoms with E-state index in [1.54, 1.807) is 38.1 Å². The quantitative estimate of drug-likeness (QED) is 0.181. The Morgan fingerprint density at radius 3 is 2.49 bits per heavy atom. The number of aromatic nitrogens is 2. The van der Waals surface area contributed by atoms with Gasteiger partial charge in [0.05, 0.1) is 41.4 Å². The summed E-state index contributed by atoms with van der Waals surface area (Å²) in [4.78, 5) is 43.3. The van der Waals surface area contributed by atoms with Crippen LogP contribution in [-0.4, -0.2) is 41.0 Å². The summed E-state index contributed by atoms with van der Waals surface area (Å²) in [5.74, 6) is -1.64. The van der Waals surface area contributed by atoms with Crippen molar-refractivity contribution in [3.8, 4) is 22.9 Å². The van der Waals surface area contributed by atoms with Gasteiger partial charge in [-0.2, -0.15) is 0 Å². The normalized spacial score (nSPS) is 10.5. The molecular weight excluding hydrogens is 536 g/mol. The second-order valence-electron chi connectivity index (χ2n) is 8.80. The van der Waals surface area contributed by atoms with Gasteiger partial charge in [-0.1, -0.05) is 6.07 Å². The van der Waals surface area contributed by atoms with E-state index in [-0.39, 0.29) is 42.6 Å². The van der Waals surface area contributed by atoms with Crippen molar-refractivity contribution in [1.82, 2.24) is 15.3 Å². The Morgan fingerprint density at radius 1 is 0.927 bits per heavy atom. The topological polar surface area (TPSA) is 134 Å². The predicted octanol–water partition coefficient (Wildman–Crippen LogP) is 5.78. The molecule has 0 aliphatic carbocycles. The van der Waals surface area contributed by atoms with Crippen molar-refractivity contribution in [3.05, 3.63) is 89.8 Å². The van der Waals surface area contributed by atoms with E-state index in [1.807, 2.05) is 0 Å². The molecule has 0 unspecified atom stereocenters. The monoisotopic (exact) mass is 563 g/mol. The van der Waals surface area contributed by atoms with E-state index in [9.17, 15) is 23.2 Å². The molecule has 0 saturated heterocycles. The Labute approximate surface area is 234 Å². The molecule has 0 radical (unpaired) electrons. The zero-order chi connectivity index (χ0) is 29.4. The number of nitrogens with zero attached hydrogens (tertiary/aromatic N) is 1. The fraction of sp³-hybridized carbons (Fsp3) is 0.172. The van der Waals surface area contributed by atoms with Gasteiger partial charge in [0.1, 0.15) is 23.1 Å². The SMILES string of the molecule is CCOC(=O)CCNC(=O)c1c[nH]c(-c2cc(Oc3ccc(NC(=O)Nc4cc(C)ccc4F)c(F)c3)ccn2)c1. The number of H-pyrrole nitrogens is 1. The van der Waals surface area contributed by atoms with Gasteiger partial charge in [-0.3, -0.25) is 14.6 Å². The van der Waals surface area contributed by atoms with Crippen LogP contribution in [0, 0.1) is 18.6 Å². The van der Waals surface area contributed by atoms with Gasteiger partial charge in [0.25, 0.3) is 5.91 Å². The Hall–Kier alpha value is -5.26.